The number of aliphatic hydroxyl groups excluding tert-OH is 1. The summed E-state index contributed by atoms with van der Waals surface area (Å²) in [5.41, 5.74) is 0.982. The minimum Gasteiger partial charge on any atom is -0.393 e. The van der Waals surface area contributed by atoms with Gasteiger partial charge in [0.25, 0.3) is 0 Å². The van der Waals surface area contributed by atoms with Crippen LogP contribution in [-0.4, -0.2) is 39.5 Å². The molecule has 0 radical (unpaired) electrons. The molecule has 1 aliphatic carbocycles. The number of hydrogen-bond donors (Lipinski definition) is 1. The van der Waals surface area contributed by atoms with Crippen molar-refractivity contribution in [3.8, 4) is 0 Å². The second-order valence-corrected chi connectivity index (χ2v) is 7.77. The second kappa shape index (κ2) is 6.14. The summed E-state index contributed by atoms with van der Waals surface area (Å²) < 4.78 is 22.9. The van der Waals surface area contributed by atoms with E-state index in [2.05, 4.69) is 4.90 Å². The summed E-state index contributed by atoms with van der Waals surface area (Å²) in [6.45, 7) is 0.805. The van der Waals surface area contributed by atoms with Gasteiger partial charge < -0.3 is 10.0 Å². The highest BCUT2D eigenvalue weighted by Gasteiger charge is 2.24. The fourth-order valence-corrected chi connectivity index (χ4v) is 3.44. The van der Waals surface area contributed by atoms with Crippen molar-refractivity contribution in [2.24, 2.45) is 5.92 Å². The van der Waals surface area contributed by atoms with Gasteiger partial charge in [-0.1, -0.05) is 12.8 Å². The van der Waals surface area contributed by atoms with Gasteiger partial charge in [-0.05, 0) is 37.1 Å². The summed E-state index contributed by atoms with van der Waals surface area (Å²) in [6, 6.07) is 6.92. The standard InChI is InChI=1S/C15H23NO3S/c1-16(11-12-5-3-4-6-15(12)17)13-7-9-14(10-8-13)20(2,18)19/h7-10,12,15,17H,3-6,11H2,1-2H3. The molecule has 0 amide bonds. The van der Waals surface area contributed by atoms with Crippen LogP contribution < -0.4 is 4.90 Å². The third-order valence-corrected chi connectivity index (χ3v) is 5.21. The predicted octanol–water partition coefficient (Wildman–Crippen LogP) is 2.08. The normalized spacial score (nSPS) is 23.6. The third kappa shape index (κ3) is 3.73. The smallest absolute Gasteiger partial charge is 0.175 e. The van der Waals surface area contributed by atoms with Crippen molar-refractivity contribution in [3.63, 3.8) is 0 Å². The van der Waals surface area contributed by atoms with Gasteiger partial charge >= 0.3 is 0 Å². The topological polar surface area (TPSA) is 57.6 Å². The molecule has 0 aromatic heterocycles. The van der Waals surface area contributed by atoms with E-state index in [0.717, 1.165) is 31.5 Å². The molecular formula is C15H23NO3S. The van der Waals surface area contributed by atoms with Gasteiger partial charge in [0.1, 0.15) is 0 Å². The lowest BCUT2D eigenvalue weighted by molar-refractivity contribution is 0.0736. The van der Waals surface area contributed by atoms with Gasteiger partial charge in [0.05, 0.1) is 11.0 Å². The first-order valence-electron chi connectivity index (χ1n) is 7.07. The summed E-state index contributed by atoms with van der Waals surface area (Å²) in [7, 11) is -1.16. The maximum absolute atomic E-state index is 11.4. The highest BCUT2D eigenvalue weighted by molar-refractivity contribution is 7.90. The fourth-order valence-electron chi connectivity index (χ4n) is 2.81. The van der Waals surface area contributed by atoms with Crippen molar-refractivity contribution in [3.05, 3.63) is 24.3 Å². The molecule has 0 bridgehead atoms. The molecule has 0 heterocycles. The summed E-state index contributed by atoms with van der Waals surface area (Å²) in [5.74, 6) is 0.309. The monoisotopic (exact) mass is 297 g/mol. The van der Waals surface area contributed by atoms with Crippen molar-refractivity contribution in [1.82, 2.24) is 0 Å². The molecule has 1 aromatic carbocycles. The first kappa shape index (κ1) is 15.3. The number of benzene rings is 1. The molecule has 2 unspecified atom stereocenters. The second-order valence-electron chi connectivity index (χ2n) is 5.76. The third-order valence-electron chi connectivity index (χ3n) is 4.08. The Bertz CT molecular complexity index is 539. The van der Waals surface area contributed by atoms with Crippen LogP contribution in [0.5, 0.6) is 0 Å². The Balaban J connectivity index is 2.03. The molecule has 5 heteroatoms. The lowest BCUT2D eigenvalue weighted by Gasteiger charge is -2.32. The average molecular weight is 297 g/mol. The number of nitrogens with zero attached hydrogens (tertiary/aromatic N) is 1. The van der Waals surface area contributed by atoms with Gasteiger partial charge in [0.2, 0.25) is 0 Å². The largest absolute Gasteiger partial charge is 0.393 e. The van der Waals surface area contributed by atoms with Crippen molar-refractivity contribution in [2.45, 2.75) is 36.7 Å². The highest BCUT2D eigenvalue weighted by Crippen LogP contribution is 2.26. The average Bonchev–Trinajstić information content (AvgIpc) is 2.40. The van der Waals surface area contributed by atoms with Crippen LogP contribution in [0.15, 0.2) is 29.2 Å². The van der Waals surface area contributed by atoms with Gasteiger partial charge in [-0.2, -0.15) is 0 Å². The van der Waals surface area contributed by atoms with Crippen LogP contribution in [0.2, 0.25) is 0 Å². The lowest BCUT2D eigenvalue weighted by atomic mass is 9.86. The van der Waals surface area contributed by atoms with E-state index in [9.17, 15) is 13.5 Å². The Morgan fingerprint density at radius 3 is 2.35 bits per heavy atom. The van der Waals surface area contributed by atoms with Crippen molar-refractivity contribution >= 4 is 15.5 Å². The van der Waals surface area contributed by atoms with Gasteiger partial charge in [-0.3, -0.25) is 0 Å². The van der Waals surface area contributed by atoms with E-state index in [-0.39, 0.29) is 6.10 Å². The maximum atomic E-state index is 11.4. The van der Waals surface area contributed by atoms with Crippen molar-refractivity contribution < 1.29 is 13.5 Å². The first-order valence-corrected chi connectivity index (χ1v) is 8.96. The quantitative estimate of drug-likeness (QED) is 0.924. The van der Waals surface area contributed by atoms with Crippen molar-refractivity contribution in [2.75, 3.05) is 24.7 Å². The number of hydrogen-bond acceptors (Lipinski definition) is 4. The Hall–Kier alpha value is -1.07. The summed E-state index contributed by atoms with van der Waals surface area (Å²) in [4.78, 5) is 2.43. The Morgan fingerprint density at radius 1 is 1.20 bits per heavy atom. The number of aliphatic hydroxyl groups is 1. The summed E-state index contributed by atoms with van der Waals surface area (Å²) in [6.07, 6.45) is 5.26. The molecule has 0 saturated heterocycles. The molecule has 2 rings (SSSR count). The minimum absolute atomic E-state index is 0.207. The fraction of sp³-hybridized carbons (Fsp3) is 0.600. The molecule has 4 nitrogen and oxygen atoms in total. The number of rotatable bonds is 4. The van der Waals surface area contributed by atoms with E-state index < -0.39 is 9.84 Å². The van der Waals surface area contributed by atoms with Gasteiger partial charge in [-0.25, -0.2) is 8.42 Å². The molecule has 1 aromatic rings. The highest BCUT2D eigenvalue weighted by atomic mass is 32.2. The zero-order valence-corrected chi connectivity index (χ0v) is 12.9. The van der Waals surface area contributed by atoms with Crippen LogP contribution in [0, 0.1) is 5.92 Å². The molecule has 2 atom stereocenters. The lowest BCUT2D eigenvalue weighted by Crippen LogP contribution is -2.35. The van der Waals surface area contributed by atoms with Gasteiger partial charge in [0, 0.05) is 31.5 Å². The maximum Gasteiger partial charge on any atom is 0.175 e. The Labute approximate surface area is 121 Å². The van der Waals surface area contributed by atoms with Crippen LogP contribution in [0.3, 0.4) is 0 Å². The van der Waals surface area contributed by atoms with Crippen molar-refractivity contribution in [1.29, 1.82) is 0 Å². The zero-order valence-electron chi connectivity index (χ0n) is 12.1. The predicted molar refractivity (Wildman–Crippen MR) is 80.8 cm³/mol. The van der Waals surface area contributed by atoms with E-state index in [4.69, 9.17) is 0 Å². The zero-order chi connectivity index (χ0) is 14.8. The SMILES string of the molecule is CN(CC1CCCCC1O)c1ccc(S(C)(=O)=O)cc1. The van der Waals surface area contributed by atoms with Gasteiger partial charge in [-0.15, -0.1) is 0 Å². The molecule has 1 N–H and O–H groups in total. The first-order chi connectivity index (χ1) is 9.38. The van der Waals surface area contributed by atoms with Crippen LogP contribution >= 0.6 is 0 Å². The molecule has 1 aliphatic rings. The summed E-state index contributed by atoms with van der Waals surface area (Å²) >= 11 is 0. The Morgan fingerprint density at radius 2 is 1.80 bits per heavy atom. The molecule has 0 spiro atoms. The van der Waals surface area contributed by atoms with Crippen LogP contribution in [-0.2, 0) is 9.84 Å². The van der Waals surface area contributed by atoms with E-state index >= 15 is 0 Å². The van der Waals surface area contributed by atoms with Crippen LogP contribution in [0.1, 0.15) is 25.7 Å². The molecule has 0 aliphatic heterocycles. The van der Waals surface area contributed by atoms with Crippen LogP contribution in [0.4, 0.5) is 5.69 Å². The van der Waals surface area contributed by atoms with E-state index in [0.29, 0.717) is 10.8 Å². The van der Waals surface area contributed by atoms with E-state index in [1.165, 1.54) is 12.7 Å². The number of sulfone groups is 1. The number of anilines is 1. The summed E-state index contributed by atoms with van der Waals surface area (Å²) in [5, 5.41) is 10.0. The van der Waals surface area contributed by atoms with E-state index in [1.54, 1.807) is 12.1 Å². The molecule has 112 valence electrons. The van der Waals surface area contributed by atoms with Gasteiger partial charge in [0.15, 0.2) is 9.84 Å². The minimum atomic E-state index is -3.14. The van der Waals surface area contributed by atoms with Crippen LogP contribution in [0.25, 0.3) is 0 Å². The Kier molecular flexibility index (Phi) is 4.70. The molecule has 20 heavy (non-hydrogen) atoms. The molecular weight excluding hydrogens is 274 g/mol. The molecule has 1 saturated carbocycles. The van der Waals surface area contributed by atoms with E-state index in [1.807, 2.05) is 19.2 Å². The molecule has 1 fully saturated rings.